The highest BCUT2D eigenvalue weighted by atomic mass is 16.3. The Morgan fingerprint density at radius 1 is 1.00 bits per heavy atom. The Labute approximate surface area is 193 Å². The number of anilines is 1. The van der Waals surface area contributed by atoms with Gasteiger partial charge in [-0.3, -0.25) is 9.89 Å². The molecule has 6 heteroatoms. The standard InChI is InChI=1S/C27H31N3O3/c1-15-10-12-17(13-11-15)30-26(33)22(16(2)28-30)23-24(31)18(25(23)32)14-21-27(3,4)19-8-6-7-9-20(19)29(21)5/h6-14,18,23-25,28,31-32H,1-5H3. The average Bonchev–Trinajstić information content (AvgIpc) is 3.18. The summed E-state index contributed by atoms with van der Waals surface area (Å²) in [5, 5.41) is 25.3. The van der Waals surface area contributed by atoms with Crippen LogP contribution >= 0.6 is 0 Å². The molecular formula is C27H31N3O3. The molecule has 2 heterocycles. The van der Waals surface area contributed by atoms with Crippen LogP contribution in [0.4, 0.5) is 5.69 Å². The Kier molecular flexibility index (Phi) is 4.92. The van der Waals surface area contributed by atoms with Crippen molar-refractivity contribution in [2.24, 2.45) is 5.92 Å². The number of para-hydroxylation sites is 1. The van der Waals surface area contributed by atoms with Crippen molar-refractivity contribution in [3.8, 4) is 5.69 Å². The molecular weight excluding hydrogens is 414 g/mol. The van der Waals surface area contributed by atoms with Gasteiger partial charge in [0.2, 0.25) is 0 Å². The minimum atomic E-state index is -0.839. The van der Waals surface area contributed by atoms with Crippen molar-refractivity contribution in [1.82, 2.24) is 9.78 Å². The summed E-state index contributed by atoms with van der Waals surface area (Å²) in [6.07, 6.45) is 0.315. The predicted molar refractivity (Wildman–Crippen MR) is 130 cm³/mol. The van der Waals surface area contributed by atoms with Crippen molar-refractivity contribution >= 4 is 5.69 Å². The third-order valence-electron chi connectivity index (χ3n) is 7.56. The number of likely N-dealkylation sites (N-methyl/N-ethyl adjacent to an activating group) is 1. The van der Waals surface area contributed by atoms with Gasteiger partial charge in [-0.1, -0.05) is 55.8 Å². The molecule has 3 N–H and O–H groups in total. The Bertz CT molecular complexity index is 1290. The minimum Gasteiger partial charge on any atom is -0.392 e. The van der Waals surface area contributed by atoms with Gasteiger partial charge >= 0.3 is 0 Å². The monoisotopic (exact) mass is 445 g/mol. The molecule has 2 atom stereocenters. The molecule has 6 nitrogen and oxygen atoms in total. The van der Waals surface area contributed by atoms with Crippen LogP contribution in [0.15, 0.2) is 65.1 Å². The fourth-order valence-electron chi connectivity index (χ4n) is 5.59. The van der Waals surface area contributed by atoms with Crippen LogP contribution in [0.25, 0.3) is 5.69 Å². The van der Waals surface area contributed by atoms with Gasteiger partial charge in [0.1, 0.15) is 0 Å². The summed E-state index contributed by atoms with van der Waals surface area (Å²) in [4.78, 5) is 15.4. The van der Waals surface area contributed by atoms with E-state index in [2.05, 4.69) is 36.0 Å². The second-order valence-corrected chi connectivity index (χ2v) is 9.96. The number of aliphatic hydroxyl groups excluding tert-OH is 2. The quantitative estimate of drug-likeness (QED) is 0.576. The van der Waals surface area contributed by atoms with Crippen molar-refractivity contribution in [2.45, 2.75) is 51.2 Å². The van der Waals surface area contributed by atoms with Gasteiger partial charge in [0.25, 0.3) is 5.56 Å². The number of H-pyrrole nitrogens is 1. The van der Waals surface area contributed by atoms with Crippen LogP contribution in [-0.2, 0) is 5.41 Å². The maximum absolute atomic E-state index is 13.2. The largest absolute Gasteiger partial charge is 0.392 e. The number of aromatic amines is 1. The first-order valence-corrected chi connectivity index (χ1v) is 11.4. The van der Waals surface area contributed by atoms with E-state index in [4.69, 9.17) is 0 Å². The van der Waals surface area contributed by atoms with E-state index >= 15 is 0 Å². The number of benzene rings is 2. The molecule has 3 aromatic rings. The lowest BCUT2D eigenvalue weighted by atomic mass is 9.65. The molecule has 33 heavy (non-hydrogen) atoms. The fraction of sp³-hybridized carbons (Fsp3) is 0.370. The molecule has 1 aliphatic heterocycles. The summed E-state index contributed by atoms with van der Waals surface area (Å²) in [6.45, 7) is 8.13. The molecule has 2 aliphatic rings. The Morgan fingerprint density at radius 3 is 2.27 bits per heavy atom. The van der Waals surface area contributed by atoms with Crippen LogP contribution in [0.5, 0.6) is 0 Å². The molecule has 0 bridgehead atoms. The number of hydrogen-bond acceptors (Lipinski definition) is 4. The number of aliphatic hydroxyl groups is 2. The Balaban J connectivity index is 1.46. The first-order valence-electron chi connectivity index (χ1n) is 11.4. The van der Waals surface area contributed by atoms with E-state index in [0.717, 1.165) is 22.6 Å². The molecule has 2 aromatic carbocycles. The van der Waals surface area contributed by atoms with Crippen LogP contribution in [0.1, 0.15) is 42.1 Å². The van der Waals surface area contributed by atoms with Gasteiger partial charge in [-0.05, 0) is 37.6 Å². The van der Waals surface area contributed by atoms with Gasteiger partial charge in [-0.25, -0.2) is 4.68 Å². The topological polar surface area (TPSA) is 81.5 Å². The summed E-state index contributed by atoms with van der Waals surface area (Å²) in [5.74, 6) is -1.07. The predicted octanol–water partition coefficient (Wildman–Crippen LogP) is 3.53. The maximum Gasteiger partial charge on any atom is 0.275 e. The molecule has 0 spiro atoms. The molecule has 5 rings (SSSR count). The molecule has 1 aromatic heterocycles. The van der Waals surface area contributed by atoms with E-state index in [9.17, 15) is 15.0 Å². The van der Waals surface area contributed by atoms with Gasteiger partial charge in [-0.15, -0.1) is 0 Å². The molecule has 172 valence electrons. The minimum absolute atomic E-state index is 0.226. The van der Waals surface area contributed by atoms with E-state index in [1.165, 1.54) is 10.2 Å². The van der Waals surface area contributed by atoms with Gasteiger partial charge in [0.15, 0.2) is 0 Å². The maximum atomic E-state index is 13.2. The van der Waals surface area contributed by atoms with E-state index in [1.54, 1.807) is 0 Å². The van der Waals surface area contributed by atoms with E-state index in [0.29, 0.717) is 11.3 Å². The van der Waals surface area contributed by atoms with Gasteiger partial charge in [-0.2, -0.15) is 0 Å². The molecule has 1 aliphatic carbocycles. The van der Waals surface area contributed by atoms with Crippen LogP contribution < -0.4 is 10.5 Å². The summed E-state index contributed by atoms with van der Waals surface area (Å²) in [7, 11) is 2.02. The van der Waals surface area contributed by atoms with Crippen LogP contribution in [-0.4, -0.2) is 39.2 Å². The summed E-state index contributed by atoms with van der Waals surface area (Å²) >= 11 is 0. The van der Waals surface area contributed by atoms with Crippen molar-refractivity contribution in [1.29, 1.82) is 0 Å². The summed E-state index contributed by atoms with van der Waals surface area (Å²) in [6, 6.07) is 15.9. The molecule has 2 unspecified atom stereocenters. The van der Waals surface area contributed by atoms with Gasteiger partial charge < -0.3 is 15.1 Å². The van der Waals surface area contributed by atoms with E-state index in [1.807, 2.05) is 63.4 Å². The molecule has 0 saturated heterocycles. The SMILES string of the molecule is Cc1ccc(-n2[nH]c(C)c(C3C(O)C(C=C4N(C)c5ccccc5C4(C)C)C3O)c2=O)cc1. The second kappa shape index (κ2) is 7.47. The Morgan fingerprint density at radius 2 is 1.64 bits per heavy atom. The van der Waals surface area contributed by atoms with Crippen molar-refractivity contribution in [3.05, 3.63) is 93.0 Å². The van der Waals surface area contributed by atoms with Gasteiger partial charge in [0.05, 0.1) is 17.9 Å². The van der Waals surface area contributed by atoms with Crippen LogP contribution in [0, 0.1) is 19.8 Å². The number of nitrogens with one attached hydrogen (secondary N) is 1. The number of aryl methyl sites for hydroxylation is 2. The summed E-state index contributed by atoms with van der Waals surface area (Å²) < 4.78 is 1.49. The first-order chi connectivity index (χ1) is 15.6. The number of rotatable bonds is 3. The lowest BCUT2D eigenvalue weighted by Crippen LogP contribution is -2.54. The third-order valence-corrected chi connectivity index (χ3v) is 7.56. The van der Waals surface area contributed by atoms with Crippen LogP contribution in [0.3, 0.4) is 0 Å². The number of hydrogen-bond donors (Lipinski definition) is 3. The Hall–Kier alpha value is -3.09. The van der Waals surface area contributed by atoms with Gasteiger partial charge in [0, 0.05) is 46.9 Å². The zero-order valence-corrected chi connectivity index (χ0v) is 19.7. The highest BCUT2D eigenvalue weighted by molar-refractivity contribution is 5.69. The van der Waals surface area contributed by atoms with Crippen molar-refractivity contribution in [2.75, 3.05) is 11.9 Å². The fourth-order valence-corrected chi connectivity index (χ4v) is 5.59. The molecule has 0 radical (unpaired) electrons. The number of nitrogens with zero attached hydrogens (tertiary/aromatic N) is 2. The highest BCUT2D eigenvalue weighted by Crippen LogP contribution is 2.50. The summed E-state index contributed by atoms with van der Waals surface area (Å²) in [5.41, 5.74) is 5.90. The average molecular weight is 446 g/mol. The van der Waals surface area contributed by atoms with Crippen LogP contribution in [0.2, 0.25) is 0 Å². The van der Waals surface area contributed by atoms with Crippen molar-refractivity contribution in [3.63, 3.8) is 0 Å². The third kappa shape index (κ3) is 3.12. The van der Waals surface area contributed by atoms with E-state index in [-0.39, 0.29) is 11.0 Å². The number of allylic oxidation sites excluding steroid dienone is 1. The molecule has 0 amide bonds. The number of fused-ring (bicyclic) bond motifs is 1. The highest BCUT2D eigenvalue weighted by Gasteiger charge is 2.52. The zero-order chi connectivity index (χ0) is 23.7. The molecule has 1 saturated carbocycles. The zero-order valence-electron chi connectivity index (χ0n) is 19.7. The second-order valence-electron chi connectivity index (χ2n) is 9.96. The molecule has 1 fully saturated rings. The van der Waals surface area contributed by atoms with E-state index < -0.39 is 24.0 Å². The lowest BCUT2D eigenvalue weighted by Gasteiger charge is -2.45. The van der Waals surface area contributed by atoms with Crippen molar-refractivity contribution < 1.29 is 10.2 Å². The first kappa shape index (κ1) is 21.7. The smallest absolute Gasteiger partial charge is 0.275 e. The normalized spacial score (nSPS) is 27.0. The number of aromatic nitrogens is 2. The lowest BCUT2D eigenvalue weighted by molar-refractivity contribution is -0.0952.